The van der Waals surface area contributed by atoms with Gasteiger partial charge in [-0.2, -0.15) is 16.9 Å². The van der Waals surface area contributed by atoms with E-state index < -0.39 is 0 Å². The van der Waals surface area contributed by atoms with Crippen LogP contribution in [0.3, 0.4) is 0 Å². The molecule has 0 aromatic carbocycles. The lowest BCUT2D eigenvalue weighted by molar-refractivity contribution is -0.123. The van der Waals surface area contributed by atoms with Crippen molar-refractivity contribution in [3.63, 3.8) is 0 Å². The number of carbonyl (C=O) groups is 1. The molecule has 0 saturated heterocycles. The van der Waals surface area contributed by atoms with E-state index in [1.165, 1.54) is 12.8 Å². The van der Waals surface area contributed by atoms with E-state index in [0.29, 0.717) is 11.3 Å². The van der Waals surface area contributed by atoms with Crippen LogP contribution in [-0.2, 0) is 11.8 Å². The minimum absolute atomic E-state index is 0.0359. The summed E-state index contributed by atoms with van der Waals surface area (Å²) in [6.45, 7) is 6.07. The summed E-state index contributed by atoms with van der Waals surface area (Å²) < 4.78 is 7.42. The molecular weight excluding hydrogens is 286 g/mol. The van der Waals surface area contributed by atoms with Gasteiger partial charge < -0.3 is 10.1 Å². The fraction of sp³-hybridized carbons (Fsp3) is 0.733. The summed E-state index contributed by atoms with van der Waals surface area (Å²) in [5.74, 6) is 1.78. The lowest BCUT2D eigenvalue weighted by Gasteiger charge is -2.20. The van der Waals surface area contributed by atoms with E-state index in [1.54, 1.807) is 4.68 Å². The third-order valence-corrected chi connectivity index (χ3v) is 5.30. The van der Waals surface area contributed by atoms with Gasteiger partial charge in [0.1, 0.15) is 5.69 Å². The molecule has 21 heavy (non-hydrogen) atoms. The summed E-state index contributed by atoms with van der Waals surface area (Å²) >= 11 is 1.94. The Labute approximate surface area is 130 Å². The van der Waals surface area contributed by atoms with Gasteiger partial charge in [0.15, 0.2) is 12.4 Å². The number of carbonyl (C=O) groups excluding carboxylic acids is 1. The molecule has 0 radical (unpaired) electrons. The Morgan fingerprint density at radius 3 is 2.86 bits per heavy atom. The Balaban J connectivity index is 1.85. The second-order valence-electron chi connectivity index (χ2n) is 5.51. The molecule has 1 amide bonds. The summed E-state index contributed by atoms with van der Waals surface area (Å²) in [5.41, 5.74) is 1.77. The maximum absolute atomic E-state index is 12.1. The number of nitrogens with one attached hydrogen (secondary N) is 1. The highest BCUT2D eigenvalue weighted by Crippen LogP contribution is 2.29. The van der Waals surface area contributed by atoms with Gasteiger partial charge in [0.2, 0.25) is 0 Å². The van der Waals surface area contributed by atoms with Gasteiger partial charge in [0.25, 0.3) is 5.91 Å². The number of thioether (sulfide) groups is 1. The molecule has 0 spiro atoms. The van der Waals surface area contributed by atoms with Gasteiger partial charge in [-0.1, -0.05) is 13.3 Å². The first-order valence-electron chi connectivity index (χ1n) is 7.56. The topological polar surface area (TPSA) is 56.1 Å². The van der Waals surface area contributed by atoms with Crippen LogP contribution in [-0.4, -0.2) is 39.3 Å². The molecule has 1 aromatic rings. The molecule has 2 atom stereocenters. The fourth-order valence-corrected chi connectivity index (χ4v) is 4.05. The Kier molecular flexibility index (Phi) is 5.56. The highest BCUT2D eigenvalue weighted by molar-refractivity contribution is 7.99. The number of aryl methyl sites for hydroxylation is 2. The maximum Gasteiger partial charge on any atom is 0.258 e. The minimum Gasteiger partial charge on any atom is -0.480 e. The van der Waals surface area contributed by atoms with Crippen molar-refractivity contribution in [2.24, 2.45) is 7.05 Å². The smallest absolute Gasteiger partial charge is 0.258 e. The molecule has 1 heterocycles. The molecule has 1 saturated carbocycles. The molecular formula is C15H25N3O2S. The van der Waals surface area contributed by atoms with Crippen LogP contribution in [0.5, 0.6) is 5.75 Å². The van der Waals surface area contributed by atoms with Crippen molar-refractivity contribution in [1.82, 2.24) is 15.1 Å². The fourth-order valence-electron chi connectivity index (χ4n) is 2.85. The normalized spacial score (nSPS) is 21.5. The summed E-state index contributed by atoms with van der Waals surface area (Å²) in [4.78, 5) is 12.1. The molecule has 1 fully saturated rings. The van der Waals surface area contributed by atoms with Crippen LogP contribution in [0.1, 0.15) is 37.6 Å². The predicted octanol–water partition coefficient (Wildman–Crippen LogP) is 2.21. The van der Waals surface area contributed by atoms with E-state index in [-0.39, 0.29) is 12.5 Å². The third kappa shape index (κ3) is 3.93. The number of hydrogen-bond acceptors (Lipinski definition) is 4. The molecule has 1 N–H and O–H groups in total. The van der Waals surface area contributed by atoms with Crippen molar-refractivity contribution >= 4 is 17.7 Å². The number of ether oxygens (including phenoxy) is 1. The van der Waals surface area contributed by atoms with E-state index in [1.807, 2.05) is 32.7 Å². The van der Waals surface area contributed by atoms with Crippen LogP contribution in [0.15, 0.2) is 0 Å². The van der Waals surface area contributed by atoms with Crippen LogP contribution < -0.4 is 10.1 Å². The van der Waals surface area contributed by atoms with Crippen molar-refractivity contribution in [2.45, 2.75) is 51.3 Å². The average Bonchev–Trinajstić information content (AvgIpc) is 2.95. The first-order valence-corrected chi connectivity index (χ1v) is 8.61. The second kappa shape index (κ2) is 7.20. The molecule has 2 unspecified atom stereocenters. The van der Waals surface area contributed by atoms with Crippen LogP contribution in [0.4, 0.5) is 0 Å². The van der Waals surface area contributed by atoms with E-state index in [2.05, 4.69) is 17.3 Å². The maximum atomic E-state index is 12.1. The average molecular weight is 311 g/mol. The number of rotatable bonds is 6. The van der Waals surface area contributed by atoms with E-state index >= 15 is 0 Å². The molecule has 1 aliphatic carbocycles. The molecule has 1 aliphatic rings. The molecule has 1 aromatic heterocycles. The zero-order chi connectivity index (χ0) is 15.4. The van der Waals surface area contributed by atoms with Crippen molar-refractivity contribution in [3.05, 3.63) is 11.4 Å². The highest BCUT2D eigenvalue weighted by Gasteiger charge is 2.28. The highest BCUT2D eigenvalue weighted by atomic mass is 32.2. The Morgan fingerprint density at radius 1 is 1.48 bits per heavy atom. The Hall–Kier alpha value is -1.17. The number of amides is 1. The summed E-state index contributed by atoms with van der Waals surface area (Å²) in [5, 5.41) is 7.96. The largest absolute Gasteiger partial charge is 0.480 e. The number of aromatic nitrogens is 2. The Morgan fingerprint density at radius 2 is 2.24 bits per heavy atom. The zero-order valence-corrected chi connectivity index (χ0v) is 14.1. The standard InChI is InChI=1S/C15H25N3O2S/c1-5-21-13-8-6-7-12(13)16-14(19)9-20-15-10(2)17-18(4)11(15)3/h12-13H,5-9H2,1-4H3,(H,16,19). The predicted molar refractivity (Wildman–Crippen MR) is 85.9 cm³/mol. The van der Waals surface area contributed by atoms with Crippen molar-refractivity contribution in [3.8, 4) is 5.75 Å². The molecule has 6 heteroatoms. The SMILES string of the molecule is CCSC1CCCC1NC(=O)COc1c(C)nn(C)c1C. The van der Waals surface area contributed by atoms with Crippen LogP contribution in [0.2, 0.25) is 0 Å². The molecule has 5 nitrogen and oxygen atoms in total. The lowest BCUT2D eigenvalue weighted by Crippen LogP contribution is -2.41. The second-order valence-corrected chi connectivity index (χ2v) is 7.03. The number of hydrogen-bond donors (Lipinski definition) is 1. The van der Waals surface area contributed by atoms with Gasteiger partial charge in [0.05, 0.1) is 5.69 Å². The zero-order valence-electron chi connectivity index (χ0n) is 13.3. The van der Waals surface area contributed by atoms with E-state index in [0.717, 1.165) is 29.3 Å². The van der Waals surface area contributed by atoms with Gasteiger partial charge in [0, 0.05) is 18.3 Å². The quantitative estimate of drug-likeness (QED) is 0.875. The third-order valence-electron chi connectivity index (χ3n) is 3.97. The van der Waals surface area contributed by atoms with E-state index in [4.69, 9.17) is 4.74 Å². The van der Waals surface area contributed by atoms with Crippen molar-refractivity contribution in [1.29, 1.82) is 0 Å². The summed E-state index contributed by atoms with van der Waals surface area (Å²) in [6, 6.07) is 0.294. The van der Waals surface area contributed by atoms with Gasteiger partial charge >= 0.3 is 0 Å². The molecule has 0 bridgehead atoms. The molecule has 118 valence electrons. The van der Waals surface area contributed by atoms with Crippen molar-refractivity contribution in [2.75, 3.05) is 12.4 Å². The van der Waals surface area contributed by atoms with Gasteiger partial charge in [-0.3, -0.25) is 9.48 Å². The Bertz CT molecular complexity index is 501. The first-order chi connectivity index (χ1) is 10.0. The number of nitrogens with zero attached hydrogens (tertiary/aromatic N) is 2. The van der Waals surface area contributed by atoms with Crippen molar-refractivity contribution < 1.29 is 9.53 Å². The van der Waals surface area contributed by atoms with Crippen LogP contribution in [0.25, 0.3) is 0 Å². The van der Waals surface area contributed by atoms with Gasteiger partial charge in [-0.15, -0.1) is 0 Å². The van der Waals surface area contributed by atoms with Gasteiger partial charge in [-0.25, -0.2) is 0 Å². The van der Waals surface area contributed by atoms with Gasteiger partial charge in [-0.05, 0) is 32.4 Å². The molecule has 0 aliphatic heterocycles. The van der Waals surface area contributed by atoms with Crippen LogP contribution >= 0.6 is 11.8 Å². The lowest BCUT2D eigenvalue weighted by atomic mass is 10.2. The van der Waals surface area contributed by atoms with E-state index in [9.17, 15) is 4.79 Å². The molecule has 2 rings (SSSR count). The minimum atomic E-state index is -0.0359. The van der Waals surface area contributed by atoms with Crippen LogP contribution in [0, 0.1) is 13.8 Å². The first kappa shape index (κ1) is 16.2. The summed E-state index contributed by atoms with van der Waals surface area (Å²) in [7, 11) is 1.88. The summed E-state index contributed by atoms with van der Waals surface area (Å²) in [6.07, 6.45) is 3.48. The monoisotopic (exact) mass is 311 g/mol.